The zero-order valence-corrected chi connectivity index (χ0v) is 16.3. The second-order valence-corrected chi connectivity index (χ2v) is 9.00. The molecule has 1 aliphatic rings. The molecule has 0 aliphatic carbocycles. The molecule has 0 bridgehead atoms. The average Bonchev–Trinajstić information content (AvgIpc) is 3.10. The third kappa shape index (κ3) is 3.27. The number of sulfonamides is 1. The molecular formula is C19H15Cl2FN2O2S. The number of hydrogen-bond acceptors (Lipinski definition) is 2. The summed E-state index contributed by atoms with van der Waals surface area (Å²) in [5, 5.41) is 0.865. The van der Waals surface area contributed by atoms with Gasteiger partial charge in [-0.25, -0.2) is 12.8 Å². The number of rotatable bonds is 3. The summed E-state index contributed by atoms with van der Waals surface area (Å²) in [5.41, 5.74) is 1.46. The molecule has 2 heterocycles. The first kappa shape index (κ1) is 18.5. The summed E-state index contributed by atoms with van der Waals surface area (Å²) < 4.78 is 43.3. The molecule has 8 heteroatoms. The minimum atomic E-state index is -3.86. The van der Waals surface area contributed by atoms with Crippen LogP contribution >= 0.6 is 23.2 Å². The van der Waals surface area contributed by atoms with Crippen molar-refractivity contribution in [3.8, 4) is 0 Å². The van der Waals surface area contributed by atoms with Gasteiger partial charge in [-0.2, -0.15) is 4.31 Å². The zero-order valence-electron chi connectivity index (χ0n) is 14.0. The van der Waals surface area contributed by atoms with E-state index in [0.29, 0.717) is 22.2 Å². The van der Waals surface area contributed by atoms with Gasteiger partial charge in [-0.1, -0.05) is 29.3 Å². The Morgan fingerprint density at radius 3 is 2.44 bits per heavy atom. The lowest BCUT2D eigenvalue weighted by atomic mass is 10.0. The van der Waals surface area contributed by atoms with Gasteiger partial charge >= 0.3 is 0 Å². The minimum absolute atomic E-state index is 0.0407. The molecule has 0 saturated carbocycles. The molecule has 4 nitrogen and oxygen atoms in total. The standard InChI is InChI=1S/C19H15Cl2FN2O2S/c20-13-3-8-16(17(21)12-13)19-18-2-1-9-23(18)10-11-24(19)27(25,26)15-6-4-14(22)5-7-15/h1-9,12,19H,10-11H2/t19-/m0/s1. The van der Waals surface area contributed by atoms with Crippen LogP contribution in [0.15, 0.2) is 65.7 Å². The molecule has 0 spiro atoms. The summed E-state index contributed by atoms with van der Waals surface area (Å²) in [6.07, 6.45) is 1.91. The van der Waals surface area contributed by atoms with Crippen LogP contribution < -0.4 is 0 Å². The molecule has 0 saturated heterocycles. The lowest BCUT2D eigenvalue weighted by Crippen LogP contribution is -2.42. The van der Waals surface area contributed by atoms with Crippen molar-refractivity contribution < 1.29 is 12.8 Å². The molecule has 1 aromatic heterocycles. The number of aromatic nitrogens is 1. The maximum absolute atomic E-state index is 13.3. The third-order valence-electron chi connectivity index (χ3n) is 4.67. The average molecular weight is 425 g/mol. The van der Waals surface area contributed by atoms with Crippen LogP contribution in [0.2, 0.25) is 10.0 Å². The Morgan fingerprint density at radius 1 is 1.00 bits per heavy atom. The molecule has 1 atom stereocenters. The quantitative estimate of drug-likeness (QED) is 0.609. The fraction of sp³-hybridized carbons (Fsp3) is 0.158. The summed E-state index contributed by atoms with van der Waals surface area (Å²) in [5.74, 6) is -0.487. The summed E-state index contributed by atoms with van der Waals surface area (Å²) in [6, 6.07) is 13.0. The normalized spacial score (nSPS) is 17.7. The molecule has 4 rings (SSSR count). The minimum Gasteiger partial charge on any atom is -0.348 e. The van der Waals surface area contributed by atoms with E-state index in [1.54, 1.807) is 18.2 Å². The van der Waals surface area contributed by atoms with Gasteiger partial charge in [-0.3, -0.25) is 0 Å². The van der Waals surface area contributed by atoms with Gasteiger partial charge in [-0.05, 0) is 54.1 Å². The first-order valence-corrected chi connectivity index (χ1v) is 10.4. The second-order valence-electron chi connectivity index (χ2n) is 6.26. The molecule has 0 fully saturated rings. The molecular weight excluding hydrogens is 410 g/mol. The molecule has 1 aliphatic heterocycles. The van der Waals surface area contributed by atoms with Crippen LogP contribution in [-0.4, -0.2) is 23.8 Å². The van der Waals surface area contributed by atoms with E-state index in [-0.39, 0.29) is 11.4 Å². The number of nitrogens with zero attached hydrogens (tertiary/aromatic N) is 2. The number of fused-ring (bicyclic) bond motifs is 1. The molecule has 0 unspecified atom stereocenters. The van der Waals surface area contributed by atoms with Gasteiger partial charge in [0.05, 0.1) is 10.9 Å². The maximum Gasteiger partial charge on any atom is 0.244 e. The van der Waals surface area contributed by atoms with Crippen LogP contribution in [0.4, 0.5) is 4.39 Å². The molecule has 0 N–H and O–H groups in total. The van der Waals surface area contributed by atoms with Crippen molar-refractivity contribution in [3.63, 3.8) is 0 Å². The Hall–Kier alpha value is -1.86. The van der Waals surface area contributed by atoms with Gasteiger partial charge in [0.25, 0.3) is 0 Å². The number of benzene rings is 2. The van der Waals surface area contributed by atoms with Crippen LogP contribution in [0.25, 0.3) is 0 Å². The molecule has 0 radical (unpaired) electrons. The molecule has 27 heavy (non-hydrogen) atoms. The predicted molar refractivity (Wildman–Crippen MR) is 103 cm³/mol. The largest absolute Gasteiger partial charge is 0.348 e. The van der Waals surface area contributed by atoms with Gasteiger partial charge in [0, 0.05) is 35.0 Å². The van der Waals surface area contributed by atoms with E-state index >= 15 is 0 Å². The summed E-state index contributed by atoms with van der Waals surface area (Å²) in [6.45, 7) is 0.787. The third-order valence-corrected chi connectivity index (χ3v) is 7.11. The van der Waals surface area contributed by atoms with Crippen molar-refractivity contribution in [2.24, 2.45) is 0 Å². The smallest absolute Gasteiger partial charge is 0.244 e. The van der Waals surface area contributed by atoms with Gasteiger partial charge in [0.2, 0.25) is 10.0 Å². The van der Waals surface area contributed by atoms with E-state index in [9.17, 15) is 12.8 Å². The van der Waals surface area contributed by atoms with Crippen molar-refractivity contribution in [1.29, 1.82) is 0 Å². The van der Waals surface area contributed by atoms with Gasteiger partial charge in [0.15, 0.2) is 0 Å². The Labute approximate surface area is 166 Å². The molecule has 0 amide bonds. The van der Waals surface area contributed by atoms with Crippen molar-refractivity contribution in [2.75, 3.05) is 6.54 Å². The van der Waals surface area contributed by atoms with Crippen LogP contribution in [0, 0.1) is 5.82 Å². The summed E-state index contributed by atoms with van der Waals surface area (Å²) in [7, 11) is -3.86. The first-order chi connectivity index (χ1) is 12.9. The Balaban J connectivity index is 1.87. The fourth-order valence-corrected chi connectivity index (χ4v) is 5.48. The Kier molecular flexibility index (Phi) is 4.76. The van der Waals surface area contributed by atoms with E-state index in [1.165, 1.54) is 16.4 Å². The van der Waals surface area contributed by atoms with Crippen LogP contribution in [0.3, 0.4) is 0 Å². The SMILES string of the molecule is O=S(=O)(c1ccc(F)cc1)N1CCn2cccc2[C@@H]1c1ccc(Cl)cc1Cl. The monoisotopic (exact) mass is 424 g/mol. The van der Waals surface area contributed by atoms with Crippen molar-refractivity contribution in [3.05, 3.63) is 87.9 Å². The predicted octanol–water partition coefficient (Wildman–Crippen LogP) is 4.73. The van der Waals surface area contributed by atoms with Gasteiger partial charge in [0.1, 0.15) is 5.82 Å². The molecule has 140 valence electrons. The first-order valence-electron chi connectivity index (χ1n) is 8.25. The van der Waals surface area contributed by atoms with Crippen molar-refractivity contribution in [2.45, 2.75) is 17.5 Å². The van der Waals surface area contributed by atoms with E-state index in [4.69, 9.17) is 23.2 Å². The van der Waals surface area contributed by atoms with Crippen LogP contribution in [0.1, 0.15) is 17.3 Å². The van der Waals surface area contributed by atoms with E-state index in [2.05, 4.69) is 0 Å². The van der Waals surface area contributed by atoms with Crippen molar-refractivity contribution in [1.82, 2.24) is 8.87 Å². The number of hydrogen-bond donors (Lipinski definition) is 0. The highest BCUT2D eigenvalue weighted by Gasteiger charge is 2.38. The molecule has 2 aromatic carbocycles. The zero-order chi connectivity index (χ0) is 19.2. The fourth-order valence-electron chi connectivity index (χ4n) is 3.40. The van der Waals surface area contributed by atoms with Crippen LogP contribution in [-0.2, 0) is 16.6 Å². The highest BCUT2D eigenvalue weighted by molar-refractivity contribution is 7.89. The second kappa shape index (κ2) is 6.95. The summed E-state index contributed by atoms with van der Waals surface area (Å²) >= 11 is 12.4. The topological polar surface area (TPSA) is 42.3 Å². The lowest BCUT2D eigenvalue weighted by molar-refractivity contribution is 0.298. The number of halogens is 3. The van der Waals surface area contributed by atoms with Crippen molar-refractivity contribution >= 4 is 33.2 Å². The van der Waals surface area contributed by atoms with E-state index < -0.39 is 21.9 Å². The maximum atomic E-state index is 13.3. The highest BCUT2D eigenvalue weighted by atomic mass is 35.5. The van der Waals surface area contributed by atoms with Gasteiger partial charge < -0.3 is 4.57 Å². The highest BCUT2D eigenvalue weighted by Crippen LogP contribution is 2.39. The summed E-state index contributed by atoms with van der Waals surface area (Å²) in [4.78, 5) is 0.0407. The lowest BCUT2D eigenvalue weighted by Gasteiger charge is -2.36. The Bertz CT molecular complexity index is 1100. The van der Waals surface area contributed by atoms with Crippen LogP contribution in [0.5, 0.6) is 0 Å². The molecule has 3 aromatic rings. The van der Waals surface area contributed by atoms with E-state index in [1.807, 2.05) is 22.9 Å². The van der Waals surface area contributed by atoms with Gasteiger partial charge in [-0.15, -0.1) is 0 Å². The van der Waals surface area contributed by atoms with E-state index in [0.717, 1.165) is 17.8 Å². The Morgan fingerprint density at radius 2 is 1.74 bits per heavy atom.